The Bertz CT molecular complexity index is 326. The molecule has 0 aromatic heterocycles. The number of carbonyl (C=O) groups is 2. The van der Waals surface area contributed by atoms with Crippen LogP contribution < -0.4 is 0 Å². The van der Waals surface area contributed by atoms with E-state index >= 15 is 0 Å². The molecule has 0 bridgehead atoms. The van der Waals surface area contributed by atoms with Gasteiger partial charge in [-0.2, -0.15) is 0 Å². The van der Waals surface area contributed by atoms with Crippen molar-refractivity contribution >= 4 is 11.9 Å². The van der Waals surface area contributed by atoms with Crippen molar-refractivity contribution in [2.75, 3.05) is 46.4 Å². The van der Waals surface area contributed by atoms with Crippen LogP contribution in [0.15, 0.2) is 0 Å². The zero-order valence-electron chi connectivity index (χ0n) is 13.5. The van der Waals surface area contributed by atoms with Gasteiger partial charge in [-0.25, -0.2) is 0 Å². The summed E-state index contributed by atoms with van der Waals surface area (Å²) in [5.74, 6) is -0.148. The summed E-state index contributed by atoms with van der Waals surface area (Å²) in [7, 11) is 1.38. The van der Waals surface area contributed by atoms with Crippen LogP contribution >= 0.6 is 0 Å². The molecule has 6 heteroatoms. The molecule has 1 aliphatic heterocycles. The molecule has 1 aliphatic rings. The maximum Gasteiger partial charge on any atom is 0.306 e. The van der Waals surface area contributed by atoms with Gasteiger partial charge >= 0.3 is 5.97 Å². The maximum atomic E-state index is 12.2. The Labute approximate surface area is 127 Å². The van der Waals surface area contributed by atoms with E-state index in [0.29, 0.717) is 39.1 Å². The Hall–Kier alpha value is -1.14. The van der Waals surface area contributed by atoms with Gasteiger partial charge in [0.05, 0.1) is 26.2 Å². The number of amides is 1. The summed E-state index contributed by atoms with van der Waals surface area (Å²) in [5, 5.41) is 0. The summed E-state index contributed by atoms with van der Waals surface area (Å²) in [6, 6.07) is 0. The van der Waals surface area contributed by atoms with Crippen molar-refractivity contribution in [2.45, 2.75) is 39.2 Å². The minimum absolute atomic E-state index is 0.0999. The van der Waals surface area contributed by atoms with Gasteiger partial charge in [0.25, 0.3) is 0 Å². The Morgan fingerprint density at radius 2 is 2.00 bits per heavy atom. The molecule has 0 aromatic rings. The van der Waals surface area contributed by atoms with Crippen LogP contribution in [-0.2, 0) is 19.1 Å². The highest BCUT2D eigenvalue weighted by Gasteiger charge is 2.22. The van der Waals surface area contributed by atoms with Crippen LogP contribution in [0.2, 0.25) is 0 Å². The number of likely N-dealkylation sites (N-methyl/N-ethyl adjacent to an activating group) is 1. The molecule has 21 heavy (non-hydrogen) atoms. The maximum absolute atomic E-state index is 12.2. The molecule has 1 atom stereocenters. The first-order chi connectivity index (χ1) is 10.1. The van der Waals surface area contributed by atoms with Gasteiger partial charge in [0.2, 0.25) is 5.91 Å². The Morgan fingerprint density at radius 3 is 2.52 bits per heavy atom. The van der Waals surface area contributed by atoms with Crippen LogP contribution in [0.4, 0.5) is 0 Å². The SMILES string of the molecule is CCN(CC)C(=O)CN(CCC(=O)OC)CC1CCCO1. The van der Waals surface area contributed by atoms with Crippen molar-refractivity contribution in [1.29, 1.82) is 0 Å². The summed E-state index contributed by atoms with van der Waals surface area (Å²) >= 11 is 0. The number of carbonyl (C=O) groups excluding carboxylic acids is 2. The van der Waals surface area contributed by atoms with Crippen molar-refractivity contribution in [2.24, 2.45) is 0 Å². The molecule has 0 aliphatic carbocycles. The van der Waals surface area contributed by atoms with Gasteiger partial charge in [-0.15, -0.1) is 0 Å². The first-order valence-electron chi connectivity index (χ1n) is 7.79. The largest absolute Gasteiger partial charge is 0.469 e. The molecule has 1 fully saturated rings. The molecule has 0 aromatic carbocycles. The van der Waals surface area contributed by atoms with E-state index in [4.69, 9.17) is 4.74 Å². The highest BCUT2D eigenvalue weighted by molar-refractivity contribution is 5.78. The average Bonchev–Trinajstić information content (AvgIpc) is 2.98. The minimum atomic E-state index is -0.248. The molecule has 0 N–H and O–H groups in total. The van der Waals surface area contributed by atoms with Crippen molar-refractivity contribution < 1.29 is 19.1 Å². The molecule has 1 saturated heterocycles. The molecule has 6 nitrogen and oxygen atoms in total. The summed E-state index contributed by atoms with van der Waals surface area (Å²) in [5.41, 5.74) is 0. The van der Waals surface area contributed by atoms with E-state index in [1.807, 2.05) is 18.7 Å². The predicted molar refractivity (Wildman–Crippen MR) is 80.0 cm³/mol. The lowest BCUT2D eigenvalue weighted by Gasteiger charge is -2.27. The number of hydrogen-bond donors (Lipinski definition) is 0. The zero-order chi connectivity index (χ0) is 15.7. The number of ether oxygens (including phenoxy) is 2. The van der Waals surface area contributed by atoms with Gasteiger partial charge in [0.1, 0.15) is 0 Å². The van der Waals surface area contributed by atoms with Crippen LogP contribution in [0, 0.1) is 0 Å². The summed E-state index contributed by atoms with van der Waals surface area (Å²) < 4.78 is 10.3. The normalized spacial score (nSPS) is 18.0. The molecule has 1 amide bonds. The van der Waals surface area contributed by atoms with Crippen LogP contribution in [0.25, 0.3) is 0 Å². The van der Waals surface area contributed by atoms with E-state index in [1.165, 1.54) is 7.11 Å². The monoisotopic (exact) mass is 300 g/mol. The highest BCUT2D eigenvalue weighted by atomic mass is 16.5. The second-order valence-corrected chi connectivity index (χ2v) is 5.26. The predicted octanol–water partition coefficient (Wildman–Crippen LogP) is 0.899. The van der Waals surface area contributed by atoms with Crippen molar-refractivity contribution in [3.05, 3.63) is 0 Å². The van der Waals surface area contributed by atoms with E-state index in [2.05, 4.69) is 4.74 Å². The van der Waals surface area contributed by atoms with E-state index < -0.39 is 0 Å². The number of rotatable bonds is 9. The molecular weight excluding hydrogens is 272 g/mol. The van der Waals surface area contributed by atoms with Gasteiger partial charge in [-0.05, 0) is 26.7 Å². The van der Waals surface area contributed by atoms with Crippen LogP contribution in [-0.4, -0.2) is 74.2 Å². The standard InChI is InChI=1S/C15H28N2O4/c1-4-17(5-2)14(18)12-16(9-8-15(19)20-3)11-13-7-6-10-21-13/h13H,4-12H2,1-3H3. The summed E-state index contributed by atoms with van der Waals surface area (Å²) in [6.45, 7) is 7.71. The smallest absolute Gasteiger partial charge is 0.306 e. The molecule has 1 heterocycles. The van der Waals surface area contributed by atoms with Crippen LogP contribution in [0.5, 0.6) is 0 Å². The highest BCUT2D eigenvalue weighted by Crippen LogP contribution is 2.13. The number of nitrogens with zero attached hydrogens (tertiary/aromatic N) is 2. The third-order valence-electron chi connectivity index (χ3n) is 3.82. The fraction of sp³-hybridized carbons (Fsp3) is 0.867. The Kier molecular flexibility index (Phi) is 8.30. The first kappa shape index (κ1) is 17.9. The Morgan fingerprint density at radius 1 is 1.29 bits per heavy atom. The van der Waals surface area contributed by atoms with Crippen LogP contribution in [0.3, 0.4) is 0 Å². The number of hydrogen-bond acceptors (Lipinski definition) is 5. The van der Waals surface area contributed by atoms with E-state index in [0.717, 1.165) is 19.4 Å². The Balaban J connectivity index is 2.52. The lowest BCUT2D eigenvalue weighted by Crippen LogP contribution is -2.43. The third-order valence-corrected chi connectivity index (χ3v) is 3.82. The van der Waals surface area contributed by atoms with Gasteiger partial charge in [0.15, 0.2) is 0 Å². The quantitative estimate of drug-likeness (QED) is 0.592. The molecule has 0 saturated carbocycles. The topological polar surface area (TPSA) is 59.1 Å². The molecule has 1 unspecified atom stereocenters. The van der Waals surface area contributed by atoms with Gasteiger partial charge in [0, 0.05) is 32.8 Å². The number of methoxy groups -OCH3 is 1. The van der Waals surface area contributed by atoms with Gasteiger partial charge < -0.3 is 14.4 Å². The van der Waals surface area contributed by atoms with Gasteiger partial charge in [-0.1, -0.05) is 0 Å². The fourth-order valence-electron chi connectivity index (χ4n) is 2.53. The second-order valence-electron chi connectivity index (χ2n) is 5.26. The van der Waals surface area contributed by atoms with Crippen molar-refractivity contribution in [3.8, 4) is 0 Å². The lowest BCUT2D eigenvalue weighted by atomic mass is 10.2. The lowest BCUT2D eigenvalue weighted by molar-refractivity contribution is -0.142. The molecule has 0 spiro atoms. The average molecular weight is 300 g/mol. The fourth-order valence-corrected chi connectivity index (χ4v) is 2.53. The zero-order valence-corrected chi connectivity index (χ0v) is 13.5. The summed E-state index contributed by atoms with van der Waals surface area (Å²) in [6.07, 6.45) is 2.56. The van der Waals surface area contributed by atoms with Crippen molar-refractivity contribution in [3.63, 3.8) is 0 Å². The molecule has 0 radical (unpaired) electrons. The minimum Gasteiger partial charge on any atom is -0.469 e. The molecule has 1 rings (SSSR count). The van der Waals surface area contributed by atoms with E-state index in [9.17, 15) is 9.59 Å². The van der Waals surface area contributed by atoms with Crippen molar-refractivity contribution in [1.82, 2.24) is 9.80 Å². The van der Waals surface area contributed by atoms with E-state index in [1.54, 1.807) is 4.90 Å². The molecular formula is C15H28N2O4. The third kappa shape index (κ3) is 6.44. The van der Waals surface area contributed by atoms with Crippen LogP contribution in [0.1, 0.15) is 33.1 Å². The molecule has 122 valence electrons. The van der Waals surface area contributed by atoms with E-state index in [-0.39, 0.29) is 18.0 Å². The number of esters is 1. The summed E-state index contributed by atoms with van der Waals surface area (Å²) in [4.78, 5) is 27.4. The van der Waals surface area contributed by atoms with Gasteiger partial charge in [-0.3, -0.25) is 14.5 Å². The second kappa shape index (κ2) is 9.73. The first-order valence-corrected chi connectivity index (χ1v) is 7.79.